The van der Waals surface area contributed by atoms with E-state index < -0.39 is 28.5 Å². The summed E-state index contributed by atoms with van der Waals surface area (Å²) in [6, 6.07) is 29.3. The van der Waals surface area contributed by atoms with Crippen molar-refractivity contribution in [1.29, 1.82) is 0 Å². The number of hydrogen-bond acceptors (Lipinski definition) is 5. The number of carbonyl (C=O) groups excluding carboxylic acids is 2. The molecule has 0 aliphatic heterocycles. The number of nitrogens with one attached hydrogen (secondary N) is 1. The molecule has 8 nitrogen and oxygen atoms in total. The van der Waals surface area contributed by atoms with Crippen LogP contribution in [0.2, 0.25) is 0 Å². The van der Waals surface area contributed by atoms with Crippen LogP contribution in [0.25, 0.3) is 0 Å². The second-order valence-corrected chi connectivity index (χ2v) is 12.4. The Morgan fingerprint density at radius 1 is 0.841 bits per heavy atom. The summed E-state index contributed by atoms with van der Waals surface area (Å²) in [6.07, 6.45) is 0.258. The van der Waals surface area contributed by atoms with Crippen LogP contribution in [0, 0.1) is 13.8 Å². The highest BCUT2D eigenvalue weighted by Crippen LogP contribution is 2.27. The van der Waals surface area contributed by atoms with Gasteiger partial charge in [-0.25, -0.2) is 8.42 Å². The third-order valence-corrected chi connectivity index (χ3v) is 9.23. The average molecular weight is 614 g/mol. The Bertz CT molecular complexity index is 1660. The first-order chi connectivity index (χ1) is 21.1. The third-order valence-electron chi connectivity index (χ3n) is 7.44. The van der Waals surface area contributed by atoms with Gasteiger partial charge in [-0.05, 0) is 73.9 Å². The summed E-state index contributed by atoms with van der Waals surface area (Å²) in [6.45, 7) is 5.76. The van der Waals surface area contributed by atoms with E-state index in [1.165, 1.54) is 24.1 Å². The van der Waals surface area contributed by atoms with Gasteiger partial charge in [-0.2, -0.15) is 0 Å². The van der Waals surface area contributed by atoms with Crippen molar-refractivity contribution in [3.8, 4) is 5.75 Å². The van der Waals surface area contributed by atoms with E-state index in [1.807, 2.05) is 75.4 Å². The maximum atomic E-state index is 14.4. The van der Waals surface area contributed by atoms with Gasteiger partial charge in [-0.3, -0.25) is 13.9 Å². The van der Waals surface area contributed by atoms with Crippen LogP contribution in [0.15, 0.2) is 108 Å². The molecule has 0 aromatic heterocycles. The van der Waals surface area contributed by atoms with Gasteiger partial charge >= 0.3 is 0 Å². The molecule has 0 heterocycles. The topological polar surface area (TPSA) is 96.0 Å². The molecule has 0 aliphatic rings. The van der Waals surface area contributed by atoms with Gasteiger partial charge in [0.25, 0.3) is 10.0 Å². The van der Waals surface area contributed by atoms with Gasteiger partial charge < -0.3 is 15.0 Å². The van der Waals surface area contributed by atoms with Crippen molar-refractivity contribution >= 4 is 27.5 Å². The quantitative estimate of drug-likeness (QED) is 0.221. The predicted octanol–water partition coefficient (Wildman–Crippen LogP) is 5.28. The molecule has 4 rings (SSSR count). The van der Waals surface area contributed by atoms with Crippen molar-refractivity contribution in [2.45, 2.75) is 44.7 Å². The zero-order chi connectivity index (χ0) is 31.7. The minimum absolute atomic E-state index is 0.0203. The Hall–Kier alpha value is -4.63. The minimum Gasteiger partial charge on any atom is -0.494 e. The average Bonchev–Trinajstić information content (AvgIpc) is 3.03. The summed E-state index contributed by atoms with van der Waals surface area (Å²) in [5.74, 6) is -0.303. The molecule has 0 saturated heterocycles. The smallest absolute Gasteiger partial charge is 0.264 e. The van der Waals surface area contributed by atoms with E-state index in [9.17, 15) is 18.0 Å². The van der Waals surface area contributed by atoms with Crippen LogP contribution in [0.3, 0.4) is 0 Å². The second kappa shape index (κ2) is 14.7. The van der Waals surface area contributed by atoms with E-state index in [4.69, 9.17) is 4.74 Å². The number of amides is 2. The molecule has 0 radical (unpaired) electrons. The van der Waals surface area contributed by atoms with Crippen molar-refractivity contribution < 1.29 is 22.7 Å². The molecule has 1 N–H and O–H groups in total. The number of nitrogens with zero attached hydrogens (tertiary/aromatic N) is 2. The van der Waals surface area contributed by atoms with Gasteiger partial charge in [0.15, 0.2) is 0 Å². The molecule has 0 unspecified atom stereocenters. The van der Waals surface area contributed by atoms with Crippen molar-refractivity contribution in [2.75, 3.05) is 24.5 Å². The maximum Gasteiger partial charge on any atom is 0.264 e. The van der Waals surface area contributed by atoms with E-state index in [2.05, 4.69) is 5.32 Å². The Kier molecular flexibility index (Phi) is 10.8. The fourth-order valence-corrected chi connectivity index (χ4v) is 6.35. The fraction of sp³-hybridized carbons (Fsp3) is 0.257. The first-order valence-electron chi connectivity index (χ1n) is 14.6. The van der Waals surface area contributed by atoms with E-state index >= 15 is 0 Å². The van der Waals surface area contributed by atoms with Gasteiger partial charge in [0.2, 0.25) is 11.8 Å². The molecule has 2 amide bonds. The van der Waals surface area contributed by atoms with Gasteiger partial charge in [0.1, 0.15) is 18.3 Å². The van der Waals surface area contributed by atoms with Crippen LogP contribution in [-0.2, 0) is 32.6 Å². The van der Waals surface area contributed by atoms with Crippen LogP contribution in [0.1, 0.15) is 29.2 Å². The van der Waals surface area contributed by atoms with Crippen molar-refractivity contribution in [2.24, 2.45) is 0 Å². The highest BCUT2D eigenvalue weighted by atomic mass is 32.2. The largest absolute Gasteiger partial charge is 0.494 e. The summed E-state index contributed by atoms with van der Waals surface area (Å²) in [4.78, 5) is 29.3. The lowest BCUT2D eigenvalue weighted by Crippen LogP contribution is -2.53. The van der Waals surface area contributed by atoms with Gasteiger partial charge in [0.05, 0.1) is 17.2 Å². The van der Waals surface area contributed by atoms with Crippen LogP contribution < -0.4 is 14.4 Å². The first kappa shape index (κ1) is 32.3. The zero-order valence-electron chi connectivity index (χ0n) is 25.6. The van der Waals surface area contributed by atoms with Crippen molar-refractivity contribution in [3.05, 3.63) is 125 Å². The number of likely N-dealkylation sites (N-methyl/N-ethyl adjacent to an activating group) is 1. The van der Waals surface area contributed by atoms with E-state index in [0.29, 0.717) is 18.0 Å². The zero-order valence-corrected chi connectivity index (χ0v) is 26.4. The molecule has 1 atom stereocenters. The number of hydrogen-bond donors (Lipinski definition) is 1. The number of sulfonamides is 1. The summed E-state index contributed by atoms with van der Waals surface area (Å²) < 4.78 is 34.9. The van der Waals surface area contributed by atoms with Gasteiger partial charge in [0, 0.05) is 20.0 Å². The summed E-state index contributed by atoms with van der Waals surface area (Å²) in [5, 5.41) is 2.71. The molecule has 44 heavy (non-hydrogen) atoms. The molecule has 0 bridgehead atoms. The Labute approximate surface area is 260 Å². The predicted molar refractivity (Wildman–Crippen MR) is 173 cm³/mol. The normalized spacial score (nSPS) is 11.8. The summed E-state index contributed by atoms with van der Waals surface area (Å²) in [7, 11) is -2.66. The lowest BCUT2D eigenvalue weighted by molar-refractivity contribution is -0.139. The molecular weight excluding hydrogens is 574 g/mol. The number of benzene rings is 4. The molecule has 0 spiro atoms. The molecule has 0 fully saturated rings. The van der Waals surface area contributed by atoms with Gasteiger partial charge in [-0.15, -0.1) is 0 Å². The van der Waals surface area contributed by atoms with Crippen molar-refractivity contribution in [3.63, 3.8) is 0 Å². The minimum atomic E-state index is -4.19. The highest BCUT2D eigenvalue weighted by molar-refractivity contribution is 7.92. The van der Waals surface area contributed by atoms with E-state index in [1.54, 1.807) is 36.4 Å². The van der Waals surface area contributed by atoms with Crippen LogP contribution in [0.4, 0.5) is 5.69 Å². The Morgan fingerprint density at radius 2 is 1.48 bits per heavy atom. The summed E-state index contributed by atoms with van der Waals surface area (Å²) in [5.41, 5.74) is 3.98. The number of carbonyl (C=O) groups is 2. The molecular formula is C35H39N3O5S. The SMILES string of the molecule is CCOc1ccc(S(=O)(=O)N(CC(=O)N(Cc2ccccc2C)[C@@H](Cc2ccccc2)C(=O)NC)c2ccc(C)cc2)cc1. The fourth-order valence-electron chi connectivity index (χ4n) is 4.93. The molecule has 0 saturated carbocycles. The monoisotopic (exact) mass is 613 g/mol. The highest BCUT2D eigenvalue weighted by Gasteiger charge is 2.34. The molecule has 9 heteroatoms. The third kappa shape index (κ3) is 7.85. The van der Waals surface area contributed by atoms with Crippen LogP contribution in [0.5, 0.6) is 5.75 Å². The number of aryl methyl sites for hydroxylation is 2. The van der Waals surface area contributed by atoms with Crippen LogP contribution >= 0.6 is 0 Å². The standard InChI is InChI=1S/C35H39N3O5S/c1-5-43-31-19-21-32(22-20-31)44(41,42)38(30-17-15-26(2)16-18-30)25-34(39)37(24-29-14-10-9-11-27(29)3)33(35(40)36-4)23-28-12-7-6-8-13-28/h6-22,33H,5,23-25H2,1-4H3,(H,36,40)/t33-/m0/s1. The molecule has 230 valence electrons. The van der Waals surface area contributed by atoms with E-state index in [0.717, 1.165) is 26.6 Å². The van der Waals surface area contributed by atoms with Gasteiger partial charge in [-0.1, -0.05) is 72.3 Å². The lowest BCUT2D eigenvalue weighted by atomic mass is 10.0. The molecule has 4 aromatic carbocycles. The second-order valence-electron chi connectivity index (χ2n) is 10.5. The van der Waals surface area contributed by atoms with Crippen LogP contribution in [-0.4, -0.2) is 51.4 Å². The number of rotatable bonds is 13. The lowest BCUT2D eigenvalue weighted by Gasteiger charge is -2.34. The first-order valence-corrected chi connectivity index (χ1v) is 16.0. The maximum absolute atomic E-state index is 14.4. The number of anilines is 1. The van der Waals surface area contributed by atoms with Crippen molar-refractivity contribution in [1.82, 2.24) is 10.2 Å². The number of ether oxygens (including phenoxy) is 1. The summed E-state index contributed by atoms with van der Waals surface area (Å²) >= 11 is 0. The molecule has 4 aromatic rings. The van der Waals surface area contributed by atoms with E-state index in [-0.39, 0.29) is 23.8 Å². The Balaban J connectivity index is 1.78. The Morgan fingerprint density at radius 3 is 2.09 bits per heavy atom. The molecule has 0 aliphatic carbocycles.